The van der Waals surface area contributed by atoms with Gasteiger partial charge in [-0.15, -0.1) is 0 Å². The molecule has 5 nitrogen and oxygen atoms in total. The summed E-state index contributed by atoms with van der Waals surface area (Å²) in [6, 6.07) is -0.708. The number of carboxylic acid groups (broad SMARTS) is 1. The number of carboxylic acids is 1. The number of hydrogen-bond donors (Lipinski definition) is 2. The van der Waals surface area contributed by atoms with Crippen LogP contribution in [0.3, 0.4) is 0 Å². The topological polar surface area (TPSA) is 83.6 Å². The van der Waals surface area contributed by atoms with Gasteiger partial charge in [0.05, 0.1) is 12.5 Å². The highest BCUT2D eigenvalue weighted by Crippen LogP contribution is 2.21. The van der Waals surface area contributed by atoms with E-state index in [0.717, 1.165) is 17.9 Å². The average Bonchev–Trinajstić information content (AvgIpc) is 2.67. The van der Waals surface area contributed by atoms with Crippen LogP contribution in [0.25, 0.3) is 0 Å². The van der Waals surface area contributed by atoms with Gasteiger partial charge >= 0.3 is 5.97 Å². The Kier molecular flexibility index (Phi) is 4.41. The summed E-state index contributed by atoms with van der Waals surface area (Å²) in [6.45, 7) is 0. The second-order valence-electron chi connectivity index (χ2n) is 3.67. The van der Waals surface area contributed by atoms with E-state index < -0.39 is 12.0 Å². The zero-order valence-corrected chi connectivity index (χ0v) is 9.50. The molecule has 1 amide bonds. The van der Waals surface area contributed by atoms with Crippen LogP contribution in [0.2, 0.25) is 0 Å². The fraction of sp³-hybridized carbons (Fsp3) is 0.778. The summed E-state index contributed by atoms with van der Waals surface area (Å²) in [5, 5.41) is 8.53. The molecule has 2 atom stereocenters. The lowest BCUT2D eigenvalue weighted by Crippen LogP contribution is -2.47. The highest BCUT2D eigenvalue weighted by molar-refractivity contribution is 7.99. The van der Waals surface area contributed by atoms with Crippen LogP contribution in [0.1, 0.15) is 12.8 Å². The van der Waals surface area contributed by atoms with Crippen LogP contribution in [-0.2, 0) is 9.59 Å². The Morgan fingerprint density at radius 1 is 1.67 bits per heavy atom. The fourth-order valence-corrected chi connectivity index (χ4v) is 2.81. The van der Waals surface area contributed by atoms with E-state index in [0.29, 0.717) is 0 Å². The van der Waals surface area contributed by atoms with Crippen molar-refractivity contribution in [2.45, 2.75) is 24.9 Å². The van der Waals surface area contributed by atoms with Gasteiger partial charge in [0.2, 0.25) is 5.91 Å². The van der Waals surface area contributed by atoms with Gasteiger partial charge in [0.25, 0.3) is 0 Å². The van der Waals surface area contributed by atoms with Crippen molar-refractivity contribution in [3.05, 3.63) is 0 Å². The number of carbonyl (C=O) groups is 2. The van der Waals surface area contributed by atoms with E-state index in [4.69, 9.17) is 10.8 Å². The van der Waals surface area contributed by atoms with Crippen LogP contribution < -0.4 is 5.73 Å². The molecule has 2 unspecified atom stereocenters. The second-order valence-corrected chi connectivity index (χ2v) is 4.82. The van der Waals surface area contributed by atoms with Gasteiger partial charge < -0.3 is 15.7 Å². The summed E-state index contributed by atoms with van der Waals surface area (Å²) in [4.78, 5) is 23.7. The first-order valence-electron chi connectivity index (χ1n) is 4.84. The van der Waals surface area contributed by atoms with Gasteiger partial charge in [-0.25, -0.2) is 0 Å². The van der Waals surface area contributed by atoms with E-state index in [-0.39, 0.29) is 18.4 Å². The maximum absolute atomic E-state index is 11.7. The monoisotopic (exact) mass is 232 g/mol. The van der Waals surface area contributed by atoms with Gasteiger partial charge in [0.15, 0.2) is 0 Å². The highest BCUT2D eigenvalue weighted by Gasteiger charge is 2.28. The third-order valence-electron chi connectivity index (χ3n) is 2.51. The molecule has 3 N–H and O–H groups in total. The number of rotatable bonds is 4. The maximum atomic E-state index is 11.7. The van der Waals surface area contributed by atoms with Gasteiger partial charge in [-0.2, -0.15) is 11.8 Å². The molecule has 0 saturated carbocycles. The molecule has 0 aliphatic carbocycles. The molecule has 1 heterocycles. The molecular formula is C9H16N2O3S. The van der Waals surface area contributed by atoms with Crippen LogP contribution in [0.15, 0.2) is 0 Å². The first-order chi connectivity index (χ1) is 7.02. The molecule has 1 aliphatic rings. The molecular weight excluding hydrogens is 216 g/mol. The van der Waals surface area contributed by atoms with E-state index in [2.05, 4.69) is 0 Å². The third-order valence-corrected chi connectivity index (χ3v) is 3.66. The van der Waals surface area contributed by atoms with Crippen molar-refractivity contribution < 1.29 is 14.7 Å². The lowest BCUT2D eigenvalue weighted by atomic mass is 10.1. The zero-order valence-electron chi connectivity index (χ0n) is 8.68. The Labute approximate surface area is 93.0 Å². The molecule has 1 rings (SSSR count). The number of likely N-dealkylation sites (N-methyl/N-ethyl adjacent to an activating group) is 1. The number of nitrogens with zero attached hydrogens (tertiary/aromatic N) is 1. The first-order valence-corrected chi connectivity index (χ1v) is 5.99. The van der Waals surface area contributed by atoms with E-state index >= 15 is 0 Å². The zero-order chi connectivity index (χ0) is 11.4. The van der Waals surface area contributed by atoms with E-state index in [1.165, 1.54) is 0 Å². The average molecular weight is 232 g/mol. The molecule has 0 aromatic rings. The quantitative estimate of drug-likeness (QED) is 0.698. The molecule has 1 aliphatic heterocycles. The molecule has 1 fully saturated rings. The largest absolute Gasteiger partial charge is 0.481 e. The molecule has 0 aromatic carbocycles. The van der Waals surface area contributed by atoms with Crippen LogP contribution >= 0.6 is 11.8 Å². The summed E-state index contributed by atoms with van der Waals surface area (Å²) in [7, 11) is 1.70. The Balaban J connectivity index is 2.47. The summed E-state index contributed by atoms with van der Waals surface area (Å²) in [5.74, 6) is 0.660. The Bertz CT molecular complexity index is 254. The molecule has 0 radical (unpaired) electrons. The predicted octanol–water partition coefficient (Wildman–Crippen LogP) is -0.248. The minimum absolute atomic E-state index is 0.211. The predicted molar refractivity (Wildman–Crippen MR) is 58.7 cm³/mol. The lowest BCUT2D eigenvalue weighted by molar-refractivity contribution is -0.142. The number of hydrogen-bond acceptors (Lipinski definition) is 4. The van der Waals surface area contributed by atoms with Crippen molar-refractivity contribution >= 4 is 23.6 Å². The van der Waals surface area contributed by atoms with Crippen molar-refractivity contribution in [1.82, 2.24) is 4.90 Å². The van der Waals surface area contributed by atoms with Gasteiger partial charge in [-0.05, 0) is 12.2 Å². The normalized spacial score (nSPS) is 22.4. The standard InChI is InChI=1S/C9H16N2O3S/c1-11(6-2-3-15-5-6)9(14)7(10)4-8(12)13/h6-7H,2-5,10H2,1H3,(H,12,13). The Morgan fingerprint density at radius 2 is 2.33 bits per heavy atom. The van der Waals surface area contributed by atoms with Gasteiger partial charge in [0.1, 0.15) is 0 Å². The summed E-state index contributed by atoms with van der Waals surface area (Å²) in [5.41, 5.74) is 5.51. The molecule has 15 heavy (non-hydrogen) atoms. The minimum Gasteiger partial charge on any atom is -0.481 e. The van der Waals surface area contributed by atoms with Crippen molar-refractivity contribution in [3.8, 4) is 0 Å². The maximum Gasteiger partial charge on any atom is 0.305 e. The number of carbonyl (C=O) groups excluding carboxylic acids is 1. The molecule has 6 heteroatoms. The van der Waals surface area contributed by atoms with Crippen molar-refractivity contribution in [2.75, 3.05) is 18.6 Å². The summed E-state index contributed by atoms with van der Waals surface area (Å²) < 4.78 is 0. The molecule has 86 valence electrons. The number of amides is 1. The molecule has 1 saturated heterocycles. The van der Waals surface area contributed by atoms with Crippen LogP contribution in [0, 0.1) is 0 Å². The number of thioether (sulfide) groups is 1. The summed E-state index contributed by atoms with van der Waals surface area (Å²) >= 11 is 1.80. The van der Waals surface area contributed by atoms with Crippen molar-refractivity contribution in [2.24, 2.45) is 5.73 Å². The van der Waals surface area contributed by atoms with Crippen molar-refractivity contribution in [3.63, 3.8) is 0 Å². The molecule has 0 bridgehead atoms. The number of aliphatic carboxylic acids is 1. The lowest BCUT2D eigenvalue weighted by Gasteiger charge is -2.26. The number of nitrogens with two attached hydrogens (primary N) is 1. The molecule has 0 spiro atoms. The Hall–Kier alpha value is -0.750. The van der Waals surface area contributed by atoms with E-state index in [1.54, 1.807) is 23.7 Å². The minimum atomic E-state index is -1.04. The van der Waals surface area contributed by atoms with Crippen LogP contribution in [0.4, 0.5) is 0 Å². The second kappa shape index (κ2) is 5.37. The highest BCUT2D eigenvalue weighted by atomic mass is 32.2. The van der Waals surface area contributed by atoms with Crippen molar-refractivity contribution in [1.29, 1.82) is 0 Å². The van der Waals surface area contributed by atoms with Gasteiger partial charge in [-0.3, -0.25) is 9.59 Å². The van der Waals surface area contributed by atoms with Gasteiger partial charge in [-0.1, -0.05) is 0 Å². The van der Waals surface area contributed by atoms with Crippen LogP contribution in [-0.4, -0.2) is 52.5 Å². The van der Waals surface area contributed by atoms with Gasteiger partial charge in [0, 0.05) is 18.8 Å². The summed E-state index contributed by atoms with van der Waals surface area (Å²) in [6.07, 6.45) is 0.662. The Morgan fingerprint density at radius 3 is 2.80 bits per heavy atom. The first kappa shape index (κ1) is 12.3. The van der Waals surface area contributed by atoms with Crippen LogP contribution in [0.5, 0.6) is 0 Å². The SMILES string of the molecule is CN(C(=O)C(N)CC(=O)O)C1CCSC1. The van der Waals surface area contributed by atoms with E-state index in [1.807, 2.05) is 0 Å². The third kappa shape index (κ3) is 3.39. The smallest absolute Gasteiger partial charge is 0.305 e. The van der Waals surface area contributed by atoms with E-state index in [9.17, 15) is 9.59 Å². The fourth-order valence-electron chi connectivity index (χ4n) is 1.54. The molecule has 0 aromatic heterocycles.